The Hall–Kier alpha value is -3.13. The fourth-order valence-corrected chi connectivity index (χ4v) is 3.49. The van der Waals surface area contributed by atoms with Crippen LogP contribution in [0.15, 0.2) is 66.3 Å². The number of amides is 1. The number of aromatic nitrogens is 3. The molecule has 3 rings (SSSR count). The summed E-state index contributed by atoms with van der Waals surface area (Å²) in [6, 6.07) is 13.5. The Balaban J connectivity index is 1.79. The molecular weight excluding hydrogens is 391 g/mol. The molecule has 0 radical (unpaired) electrons. The van der Waals surface area contributed by atoms with Gasteiger partial charge in [-0.05, 0) is 43.3 Å². The molecule has 1 heterocycles. The van der Waals surface area contributed by atoms with Gasteiger partial charge in [0.1, 0.15) is 11.6 Å². The zero-order valence-electron chi connectivity index (χ0n) is 16.1. The van der Waals surface area contributed by atoms with E-state index in [0.29, 0.717) is 17.5 Å². The Kier molecular flexibility index (Phi) is 6.66. The first-order valence-electron chi connectivity index (χ1n) is 8.94. The third-order valence-corrected chi connectivity index (χ3v) is 5.24. The number of halogens is 1. The predicted molar refractivity (Wildman–Crippen MR) is 113 cm³/mol. The maximum atomic E-state index is 13.8. The number of ether oxygens (including phenoxy) is 1. The lowest BCUT2D eigenvalue weighted by Gasteiger charge is -2.13. The van der Waals surface area contributed by atoms with E-state index in [0.717, 1.165) is 11.3 Å². The van der Waals surface area contributed by atoms with Gasteiger partial charge in [0.2, 0.25) is 5.91 Å². The highest BCUT2D eigenvalue weighted by atomic mass is 32.2. The van der Waals surface area contributed by atoms with Crippen molar-refractivity contribution < 1.29 is 13.9 Å². The summed E-state index contributed by atoms with van der Waals surface area (Å²) in [5, 5.41) is 11.2. The van der Waals surface area contributed by atoms with Gasteiger partial charge < -0.3 is 10.1 Å². The minimum absolute atomic E-state index is 0.149. The van der Waals surface area contributed by atoms with Crippen molar-refractivity contribution in [1.29, 1.82) is 0 Å². The van der Waals surface area contributed by atoms with Crippen molar-refractivity contribution in [1.82, 2.24) is 14.8 Å². The van der Waals surface area contributed by atoms with Gasteiger partial charge in [-0.2, -0.15) is 0 Å². The minimum atomic E-state index is -0.508. The first kappa shape index (κ1) is 20.6. The molecule has 0 aliphatic carbocycles. The maximum Gasteiger partial charge on any atom is 0.237 e. The molecule has 0 aliphatic heterocycles. The molecule has 150 valence electrons. The first-order valence-corrected chi connectivity index (χ1v) is 9.82. The third-order valence-electron chi connectivity index (χ3n) is 4.16. The number of thioether (sulfide) groups is 1. The van der Waals surface area contributed by atoms with Crippen LogP contribution < -0.4 is 10.1 Å². The van der Waals surface area contributed by atoms with Gasteiger partial charge in [0, 0.05) is 12.1 Å². The van der Waals surface area contributed by atoms with Crippen molar-refractivity contribution in [3.63, 3.8) is 0 Å². The minimum Gasteiger partial charge on any atom is -0.497 e. The molecule has 0 saturated carbocycles. The average molecular weight is 412 g/mol. The maximum absolute atomic E-state index is 13.8. The summed E-state index contributed by atoms with van der Waals surface area (Å²) in [7, 11) is 1.61. The van der Waals surface area contributed by atoms with Gasteiger partial charge in [-0.3, -0.25) is 9.36 Å². The predicted octanol–water partition coefficient (Wildman–Crippen LogP) is 4.40. The highest BCUT2D eigenvalue weighted by Gasteiger charge is 2.21. The van der Waals surface area contributed by atoms with E-state index in [9.17, 15) is 9.18 Å². The number of hydrogen-bond donors (Lipinski definition) is 1. The van der Waals surface area contributed by atoms with Crippen molar-refractivity contribution >= 4 is 23.4 Å². The van der Waals surface area contributed by atoms with Gasteiger partial charge in [-0.1, -0.05) is 30.0 Å². The Morgan fingerprint density at radius 1 is 1.28 bits per heavy atom. The van der Waals surface area contributed by atoms with E-state index in [1.54, 1.807) is 32.2 Å². The number of carbonyl (C=O) groups excluding carboxylic acids is 1. The Morgan fingerprint density at radius 3 is 2.66 bits per heavy atom. The quantitative estimate of drug-likeness (QED) is 0.439. The van der Waals surface area contributed by atoms with Crippen LogP contribution in [0.2, 0.25) is 0 Å². The molecule has 8 heteroatoms. The van der Waals surface area contributed by atoms with E-state index in [2.05, 4.69) is 22.1 Å². The molecule has 6 nitrogen and oxygen atoms in total. The number of nitrogens with zero attached hydrogens (tertiary/aromatic N) is 3. The molecular formula is C21H21FN4O2S. The van der Waals surface area contributed by atoms with Crippen LogP contribution in [0.1, 0.15) is 6.92 Å². The number of nitrogens with one attached hydrogen (secondary N) is 1. The van der Waals surface area contributed by atoms with E-state index in [-0.39, 0.29) is 11.6 Å². The molecule has 1 N–H and O–H groups in total. The molecule has 0 spiro atoms. The van der Waals surface area contributed by atoms with Crippen LogP contribution in [-0.2, 0) is 11.3 Å². The highest BCUT2D eigenvalue weighted by molar-refractivity contribution is 8.00. The van der Waals surface area contributed by atoms with Gasteiger partial charge in [0.05, 0.1) is 18.0 Å². The van der Waals surface area contributed by atoms with Crippen LogP contribution in [0.5, 0.6) is 5.75 Å². The van der Waals surface area contributed by atoms with E-state index in [1.165, 1.54) is 23.9 Å². The third kappa shape index (κ3) is 4.83. The van der Waals surface area contributed by atoms with E-state index >= 15 is 0 Å². The van der Waals surface area contributed by atoms with Crippen LogP contribution in [0.3, 0.4) is 0 Å². The van der Waals surface area contributed by atoms with Crippen molar-refractivity contribution in [2.45, 2.75) is 23.9 Å². The second kappa shape index (κ2) is 9.38. The summed E-state index contributed by atoms with van der Waals surface area (Å²) in [4.78, 5) is 12.5. The Bertz CT molecular complexity index is 1000. The number of hydrogen-bond acceptors (Lipinski definition) is 5. The number of methoxy groups -OCH3 is 1. The van der Waals surface area contributed by atoms with Gasteiger partial charge in [-0.15, -0.1) is 16.8 Å². The molecule has 0 bridgehead atoms. The van der Waals surface area contributed by atoms with Crippen LogP contribution in [0.25, 0.3) is 11.4 Å². The fraction of sp³-hybridized carbons (Fsp3) is 0.190. The van der Waals surface area contributed by atoms with E-state index in [4.69, 9.17) is 4.74 Å². The molecule has 1 aromatic heterocycles. The summed E-state index contributed by atoms with van der Waals surface area (Å²) in [6.45, 7) is 6.01. The molecule has 2 aromatic carbocycles. The number of para-hydroxylation sites is 1. The Labute approximate surface area is 172 Å². The number of allylic oxidation sites excluding steroid dienone is 1. The van der Waals surface area contributed by atoms with Crippen molar-refractivity contribution in [3.8, 4) is 17.1 Å². The topological polar surface area (TPSA) is 69.0 Å². The largest absolute Gasteiger partial charge is 0.497 e. The van der Waals surface area contributed by atoms with Crippen molar-refractivity contribution in [3.05, 3.63) is 67.0 Å². The molecule has 1 amide bonds. The zero-order chi connectivity index (χ0) is 20.8. The summed E-state index contributed by atoms with van der Waals surface area (Å²) in [5.74, 6) is 0.613. The van der Waals surface area contributed by atoms with Crippen molar-refractivity contribution in [2.24, 2.45) is 0 Å². The molecule has 0 unspecified atom stereocenters. The average Bonchev–Trinajstić information content (AvgIpc) is 3.12. The summed E-state index contributed by atoms with van der Waals surface area (Å²) in [6.07, 6.45) is 1.74. The van der Waals surface area contributed by atoms with Crippen LogP contribution in [0, 0.1) is 5.82 Å². The normalized spacial score (nSPS) is 11.7. The number of carbonyl (C=O) groups is 1. The van der Waals surface area contributed by atoms with Crippen molar-refractivity contribution in [2.75, 3.05) is 12.4 Å². The van der Waals surface area contributed by atoms with Crippen LogP contribution in [0.4, 0.5) is 10.1 Å². The number of rotatable bonds is 8. The van der Waals surface area contributed by atoms with Crippen LogP contribution in [-0.4, -0.2) is 33.0 Å². The zero-order valence-corrected chi connectivity index (χ0v) is 16.9. The summed E-state index contributed by atoms with van der Waals surface area (Å²) >= 11 is 1.25. The lowest BCUT2D eigenvalue weighted by atomic mass is 10.2. The van der Waals surface area contributed by atoms with Gasteiger partial charge in [-0.25, -0.2) is 4.39 Å². The molecule has 0 fully saturated rings. The lowest BCUT2D eigenvalue weighted by Crippen LogP contribution is -2.23. The van der Waals surface area contributed by atoms with Crippen LogP contribution >= 0.6 is 11.8 Å². The molecule has 3 aromatic rings. The van der Waals surface area contributed by atoms with E-state index in [1.807, 2.05) is 28.8 Å². The molecule has 29 heavy (non-hydrogen) atoms. The standard InChI is InChI=1S/C21H21FN4O2S/c1-4-13-26-19(15-9-11-16(28-3)12-10-15)24-25-21(26)29-14(2)20(27)23-18-8-6-5-7-17(18)22/h4-12,14H,1,13H2,2-3H3,(H,23,27)/t14-/m0/s1. The molecule has 0 saturated heterocycles. The smallest absolute Gasteiger partial charge is 0.237 e. The first-order chi connectivity index (χ1) is 14.0. The second-order valence-corrected chi connectivity index (χ2v) is 7.47. The fourth-order valence-electron chi connectivity index (χ4n) is 2.63. The van der Waals surface area contributed by atoms with Gasteiger partial charge >= 0.3 is 0 Å². The number of anilines is 1. The monoisotopic (exact) mass is 412 g/mol. The lowest BCUT2D eigenvalue weighted by molar-refractivity contribution is -0.115. The van der Waals surface area contributed by atoms with Gasteiger partial charge in [0.15, 0.2) is 11.0 Å². The van der Waals surface area contributed by atoms with Gasteiger partial charge in [0.25, 0.3) is 0 Å². The molecule has 1 atom stereocenters. The number of benzene rings is 2. The summed E-state index contributed by atoms with van der Waals surface area (Å²) in [5.41, 5.74) is 1.02. The highest BCUT2D eigenvalue weighted by Crippen LogP contribution is 2.28. The molecule has 0 aliphatic rings. The Morgan fingerprint density at radius 2 is 2.00 bits per heavy atom. The summed E-state index contributed by atoms with van der Waals surface area (Å²) < 4.78 is 20.9. The second-order valence-electron chi connectivity index (χ2n) is 6.16. The SMILES string of the molecule is C=CCn1c(S[C@@H](C)C(=O)Nc2ccccc2F)nnc1-c1ccc(OC)cc1. The van der Waals surface area contributed by atoms with E-state index < -0.39 is 11.1 Å².